The first kappa shape index (κ1) is 16.5. The summed E-state index contributed by atoms with van der Waals surface area (Å²) in [7, 11) is 0. The minimum Gasteiger partial charge on any atom is -0.872 e. The van der Waals surface area contributed by atoms with Crippen LogP contribution in [0.5, 0.6) is 5.75 Å². The second kappa shape index (κ2) is 6.28. The number of nitrogens with one attached hydrogen (secondary N) is 1. The molecule has 5 nitrogen and oxygen atoms in total. The molecule has 4 rings (SSSR count). The van der Waals surface area contributed by atoms with Gasteiger partial charge in [0, 0.05) is 11.1 Å². The summed E-state index contributed by atoms with van der Waals surface area (Å²) in [5.74, 6) is -0.219. The molecule has 112 valence electrons. The van der Waals surface area contributed by atoms with E-state index < -0.39 is 11.1 Å². The van der Waals surface area contributed by atoms with Crippen molar-refractivity contribution in [1.29, 1.82) is 0 Å². The van der Waals surface area contributed by atoms with Gasteiger partial charge in [-0.3, -0.25) is 14.2 Å². The largest absolute Gasteiger partial charge is 1.00 e. The zero-order chi connectivity index (χ0) is 16.0. The van der Waals surface area contributed by atoms with Crippen molar-refractivity contribution in [3.05, 3.63) is 81.4 Å². The summed E-state index contributed by atoms with van der Waals surface area (Å²) >= 11 is 0. The summed E-state index contributed by atoms with van der Waals surface area (Å²) in [5.41, 5.74) is 0.0836. The van der Waals surface area contributed by atoms with Crippen molar-refractivity contribution < 1.29 is 34.7 Å². The number of H-pyrrole nitrogens is 1. The number of hydrogen-bond acceptors (Lipinski definition) is 3. The third kappa shape index (κ3) is 2.57. The summed E-state index contributed by atoms with van der Waals surface area (Å²) in [6.45, 7) is 0. The second-order valence-corrected chi connectivity index (χ2v) is 5.27. The van der Waals surface area contributed by atoms with Crippen LogP contribution >= 0.6 is 0 Å². The number of hydrogen-bond donors (Lipinski definition) is 1. The van der Waals surface area contributed by atoms with Crippen LogP contribution in [0.4, 0.5) is 0 Å². The summed E-state index contributed by atoms with van der Waals surface area (Å²) in [6, 6.07) is 17.2. The number of rotatable bonds is 1. The average Bonchev–Trinajstić information content (AvgIpc) is 2.56. The monoisotopic (exact) mass is 326 g/mol. The van der Waals surface area contributed by atoms with Crippen molar-refractivity contribution in [2.75, 3.05) is 0 Å². The SMILES string of the molecule is O=c1[nH]c2c3ccccc3ccc2n(-c2cccc([O-])c2)c1=O.[Na+]. The van der Waals surface area contributed by atoms with Gasteiger partial charge in [-0.25, -0.2) is 0 Å². The predicted octanol–water partition coefficient (Wildman–Crippen LogP) is -1.09. The summed E-state index contributed by atoms with van der Waals surface area (Å²) < 4.78 is 1.28. The number of fused-ring (bicyclic) bond motifs is 3. The summed E-state index contributed by atoms with van der Waals surface area (Å²) in [4.78, 5) is 27.1. The van der Waals surface area contributed by atoms with E-state index in [0.717, 1.165) is 10.8 Å². The molecule has 1 N–H and O–H groups in total. The van der Waals surface area contributed by atoms with E-state index in [4.69, 9.17) is 0 Å². The first-order valence-electron chi connectivity index (χ1n) is 7.09. The van der Waals surface area contributed by atoms with Crippen LogP contribution in [0.3, 0.4) is 0 Å². The molecule has 0 aliphatic carbocycles. The number of aromatic nitrogens is 2. The van der Waals surface area contributed by atoms with Crippen LogP contribution in [0.25, 0.3) is 27.5 Å². The Bertz CT molecular complexity index is 1180. The van der Waals surface area contributed by atoms with Crippen LogP contribution in [0, 0.1) is 0 Å². The van der Waals surface area contributed by atoms with Gasteiger partial charge in [0.05, 0.1) is 11.0 Å². The topological polar surface area (TPSA) is 77.9 Å². The van der Waals surface area contributed by atoms with Crippen molar-refractivity contribution in [2.24, 2.45) is 0 Å². The van der Waals surface area contributed by atoms with Gasteiger partial charge in [0.2, 0.25) is 0 Å². The van der Waals surface area contributed by atoms with Gasteiger partial charge < -0.3 is 10.1 Å². The van der Waals surface area contributed by atoms with Gasteiger partial charge in [0.1, 0.15) is 0 Å². The molecule has 0 fully saturated rings. The Kier molecular flexibility index (Phi) is 4.32. The molecule has 1 aromatic heterocycles. The van der Waals surface area contributed by atoms with Crippen molar-refractivity contribution >= 4 is 21.8 Å². The van der Waals surface area contributed by atoms with Crippen molar-refractivity contribution in [1.82, 2.24) is 9.55 Å². The molecule has 0 unspecified atom stereocenters. The predicted molar refractivity (Wildman–Crippen MR) is 87.1 cm³/mol. The Morgan fingerprint density at radius 1 is 0.917 bits per heavy atom. The van der Waals surface area contributed by atoms with Gasteiger partial charge in [-0.05, 0) is 23.6 Å². The molecule has 0 spiro atoms. The van der Waals surface area contributed by atoms with E-state index in [1.54, 1.807) is 18.2 Å². The standard InChI is InChI=1S/C18H12N2O3.Na/c21-13-6-3-5-12(10-13)20-15-9-8-11-4-1-2-7-14(11)16(15)19-17(22)18(20)23;/h1-10,21H,(H,19,22);/q;+1/p-1. The Morgan fingerprint density at radius 2 is 1.71 bits per heavy atom. The fraction of sp³-hybridized carbons (Fsp3) is 0. The molecule has 0 amide bonds. The zero-order valence-corrected chi connectivity index (χ0v) is 14.9. The maximum Gasteiger partial charge on any atom is 1.00 e. The second-order valence-electron chi connectivity index (χ2n) is 5.27. The minimum absolute atomic E-state index is 0. The van der Waals surface area contributed by atoms with Gasteiger partial charge in [-0.15, -0.1) is 5.75 Å². The first-order valence-corrected chi connectivity index (χ1v) is 7.09. The Morgan fingerprint density at radius 3 is 2.50 bits per heavy atom. The van der Waals surface area contributed by atoms with Crippen molar-refractivity contribution in [2.45, 2.75) is 0 Å². The van der Waals surface area contributed by atoms with E-state index in [0.29, 0.717) is 16.7 Å². The van der Waals surface area contributed by atoms with Crippen LogP contribution < -0.4 is 45.8 Å². The number of nitrogens with zero attached hydrogens (tertiary/aromatic N) is 1. The molecule has 0 aliphatic rings. The molecule has 4 aromatic rings. The van der Waals surface area contributed by atoms with Crippen LogP contribution in [0.1, 0.15) is 0 Å². The maximum atomic E-state index is 12.3. The normalized spacial score (nSPS) is 10.7. The van der Waals surface area contributed by atoms with Crippen LogP contribution in [0.15, 0.2) is 70.3 Å². The molecule has 0 aliphatic heterocycles. The van der Waals surface area contributed by atoms with Crippen LogP contribution in [-0.4, -0.2) is 9.55 Å². The molecule has 0 bridgehead atoms. The van der Waals surface area contributed by atoms with Gasteiger partial charge in [0.15, 0.2) is 0 Å². The van der Waals surface area contributed by atoms with E-state index in [1.807, 2.05) is 30.3 Å². The average molecular weight is 326 g/mol. The van der Waals surface area contributed by atoms with E-state index in [1.165, 1.54) is 16.7 Å². The van der Waals surface area contributed by atoms with Gasteiger partial charge in [0.25, 0.3) is 0 Å². The fourth-order valence-electron chi connectivity index (χ4n) is 2.83. The fourth-order valence-corrected chi connectivity index (χ4v) is 2.83. The third-order valence-electron chi connectivity index (χ3n) is 3.86. The first-order chi connectivity index (χ1) is 11.1. The molecule has 1 heterocycles. The smallest absolute Gasteiger partial charge is 0.872 e. The molecule has 3 aromatic carbocycles. The van der Waals surface area contributed by atoms with Gasteiger partial charge >= 0.3 is 40.7 Å². The van der Waals surface area contributed by atoms with Crippen molar-refractivity contribution in [3.8, 4) is 11.4 Å². The molecule has 0 atom stereocenters. The Hall–Kier alpha value is -2.34. The third-order valence-corrected chi connectivity index (χ3v) is 3.86. The maximum absolute atomic E-state index is 12.3. The molecule has 0 radical (unpaired) electrons. The molecule has 0 saturated carbocycles. The molecular formula is C18H11N2NaO3. The van der Waals surface area contributed by atoms with E-state index in [9.17, 15) is 14.7 Å². The number of aromatic amines is 1. The summed E-state index contributed by atoms with van der Waals surface area (Å²) in [6.07, 6.45) is 0. The Balaban J connectivity index is 0.00000169. The minimum atomic E-state index is -0.717. The van der Waals surface area contributed by atoms with E-state index in [2.05, 4.69) is 4.98 Å². The summed E-state index contributed by atoms with van der Waals surface area (Å²) in [5, 5.41) is 13.4. The van der Waals surface area contributed by atoms with Crippen LogP contribution in [-0.2, 0) is 0 Å². The molecule has 0 saturated heterocycles. The van der Waals surface area contributed by atoms with E-state index in [-0.39, 0.29) is 35.3 Å². The quantitative estimate of drug-likeness (QED) is 0.274. The van der Waals surface area contributed by atoms with Gasteiger partial charge in [-0.2, -0.15) is 0 Å². The molecular weight excluding hydrogens is 315 g/mol. The number of benzene rings is 3. The zero-order valence-electron chi connectivity index (χ0n) is 12.9. The Labute approximate surface area is 158 Å². The van der Waals surface area contributed by atoms with E-state index >= 15 is 0 Å². The van der Waals surface area contributed by atoms with Crippen LogP contribution in [0.2, 0.25) is 0 Å². The molecule has 24 heavy (non-hydrogen) atoms. The van der Waals surface area contributed by atoms with Gasteiger partial charge in [-0.1, -0.05) is 42.5 Å². The van der Waals surface area contributed by atoms with Crippen molar-refractivity contribution in [3.63, 3.8) is 0 Å². The molecule has 6 heteroatoms.